The summed E-state index contributed by atoms with van der Waals surface area (Å²) in [5, 5.41) is 11.5. The highest BCUT2D eigenvalue weighted by molar-refractivity contribution is 7.99. The Hall–Kier alpha value is -2.72. The number of benzene rings is 1. The van der Waals surface area contributed by atoms with Crippen LogP contribution in [0.4, 0.5) is 10.1 Å². The summed E-state index contributed by atoms with van der Waals surface area (Å²) in [6.07, 6.45) is 1.68. The van der Waals surface area contributed by atoms with E-state index in [1.54, 1.807) is 15.5 Å². The lowest BCUT2D eigenvalue weighted by Crippen LogP contribution is -2.41. The summed E-state index contributed by atoms with van der Waals surface area (Å²) >= 11 is 1.28. The molecule has 0 radical (unpaired) electrons. The van der Waals surface area contributed by atoms with Crippen LogP contribution in [-0.4, -0.2) is 63.5 Å². The van der Waals surface area contributed by atoms with Crippen LogP contribution in [0.3, 0.4) is 0 Å². The average molecular weight is 419 g/mol. The van der Waals surface area contributed by atoms with Gasteiger partial charge in [-0.1, -0.05) is 17.8 Å². The lowest BCUT2D eigenvalue weighted by Gasteiger charge is -2.26. The number of amides is 2. The molecule has 1 aliphatic heterocycles. The second-order valence-corrected chi connectivity index (χ2v) is 7.25. The molecule has 0 atom stereocenters. The van der Waals surface area contributed by atoms with E-state index in [0.717, 1.165) is 0 Å². The van der Waals surface area contributed by atoms with Gasteiger partial charge in [0.1, 0.15) is 11.6 Å². The van der Waals surface area contributed by atoms with Gasteiger partial charge in [-0.2, -0.15) is 0 Å². The standard InChI is InChI=1S/C19H22FN5O3S/c1-2-7-25-16(12-17(26)21-15-5-3-14(20)4-6-15)22-23-19(25)29-13-18(27)24-8-10-28-11-9-24/h2-6H,1,7-13H2,(H,21,26). The molecular weight excluding hydrogens is 397 g/mol. The molecule has 0 spiro atoms. The fourth-order valence-corrected chi connectivity index (χ4v) is 3.65. The van der Waals surface area contributed by atoms with Crippen LogP contribution in [0, 0.1) is 5.82 Å². The number of nitrogens with one attached hydrogen (secondary N) is 1. The van der Waals surface area contributed by atoms with Gasteiger partial charge in [0.05, 0.1) is 25.4 Å². The molecule has 3 rings (SSSR count). The molecule has 0 bridgehead atoms. The van der Waals surface area contributed by atoms with Crippen molar-refractivity contribution >= 4 is 29.3 Å². The molecule has 1 N–H and O–H groups in total. The number of rotatable bonds is 8. The molecule has 8 nitrogen and oxygen atoms in total. The van der Waals surface area contributed by atoms with Crippen LogP contribution < -0.4 is 5.32 Å². The number of hydrogen-bond acceptors (Lipinski definition) is 6. The summed E-state index contributed by atoms with van der Waals surface area (Å²) < 4.78 is 20.0. The molecule has 0 saturated carbocycles. The second kappa shape index (κ2) is 10.2. The highest BCUT2D eigenvalue weighted by atomic mass is 32.2. The van der Waals surface area contributed by atoms with Gasteiger partial charge in [0.15, 0.2) is 5.16 Å². The Morgan fingerprint density at radius 1 is 1.24 bits per heavy atom. The minimum absolute atomic E-state index is 0.00378. The maximum atomic E-state index is 13.0. The maximum absolute atomic E-state index is 13.0. The van der Waals surface area contributed by atoms with E-state index in [9.17, 15) is 14.0 Å². The third kappa shape index (κ3) is 5.88. The number of aromatic nitrogens is 3. The molecule has 2 aromatic rings. The Balaban J connectivity index is 1.61. The first-order valence-corrected chi connectivity index (χ1v) is 10.1. The third-order valence-electron chi connectivity index (χ3n) is 4.24. The molecule has 2 heterocycles. The van der Waals surface area contributed by atoms with E-state index in [2.05, 4.69) is 22.1 Å². The van der Waals surface area contributed by atoms with Crippen molar-refractivity contribution in [3.8, 4) is 0 Å². The Kier molecular flexibility index (Phi) is 7.36. The van der Waals surface area contributed by atoms with Crippen molar-refractivity contribution in [2.45, 2.75) is 18.1 Å². The Labute approximate surface area is 172 Å². The Bertz CT molecular complexity index is 865. The number of halogens is 1. The average Bonchev–Trinajstić information content (AvgIpc) is 3.10. The van der Waals surface area contributed by atoms with E-state index in [4.69, 9.17) is 4.74 Å². The predicted octanol–water partition coefficient (Wildman–Crippen LogP) is 1.74. The molecule has 1 fully saturated rings. The normalized spacial score (nSPS) is 13.9. The summed E-state index contributed by atoms with van der Waals surface area (Å²) in [6.45, 7) is 6.43. The van der Waals surface area contributed by atoms with Crippen molar-refractivity contribution in [1.82, 2.24) is 19.7 Å². The van der Waals surface area contributed by atoms with E-state index in [-0.39, 0.29) is 29.8 Å². The summed E-state index contributed by atoms with van der Waals surface area (Å²) in [7, 11) is 0. The number of thioether (sulfide) groups is 1. The number of allylic oxidation sites excluding steroid dienone is 1. The second-order valence-electron chi connectivity index (χ2n) is 6.31. The molecule has 10 heteroatoms. The van der Waals surface area contributed by atoms with Gasteiger partial charge in [0.2, 0.25) is 11.8 Å². The summed E-state index contributed by atoms with van der Waals surface area (Å²) in [4.78, 5) is 26.4. The highest BCUT2D eigenvalue weighted by Crippen LogP contribution is 2.19. The van der Waals surface area contributed by atoms with Crippen molar-refractivity contribution in [3.05, 3.63) is 48.6 Å². The fraction of sp³-hybridized carbons (Fsp3) is 0.368. The van der Waals surface area contributed by atoms with E-state index in [1.165, 1.54) is 36.0 Å². The van der Waals surface area contributed by atoms with E-state index in [0.29, 0.717) is 49.5 Å². The molecule has 0 unspecified atom stereocenters. The van der Waals surface area contributed by atoms with Crippen molar-refractivity contribution in [1.29, 1.82) is 0 Å². The van der Waals surface area contributed by atoms with Crippen LogP contribution in [0.25, 0.3) is 0 Å². The largest absolute Gasteiger partial charge is 0.378 e. The first kappa shape index (κ1) is 21.0. The lowest BCUT2D eigenvalue weighted by atomic mass is 10.3. The third-order valence-corrected chi connectivity index (χ3v) is 5.19. The zero-order valence-electron chi connectivity index (χ0n) is 15.8. The van der Waals surface area contributed by atoms with Crippen LogP contribution in [-0.2, 0) is 27.3 Å². The van der Waals surface area contributed by atoms with Crippen molar-refractivity contribution in [2.75, 3.05) is 37.4 Å². The number of anilines is 1. The predicted molar refractivity (Wildman–Crippen MR) is 107 cm³/mol. The molecule has 29 heavy (non-hydrogen) atoms. The maximum Gasteiger partial charge on any atom is 0.233 e. The first-order chi connectivity index (χ1) is 14.1. The first-order valence-electron chi connectivity index (χ1n) is 9.13. The lowest BCUT2D eigenvalue weighted by molar-refractivity contribution is -0.132. The molecule has 2 amide bonds. The van der Waals surface area contributed by atoms with Gasteiger partial charge in [-0.3, -0.25) is 9.59 Å². The quantitative estimate of drug-likeness (QED) is 0.518. The topological polar surface area (TPSA) is 89.3 Å². The molecule has 0 aliphatic carbocycles. The van der Waals surface area contributed by atoms with Crippen LogP contribution in [0.5, 0.6) is 0 Å². The van der Waals surface area contributed by atoms with Gasteiger partial charge in [-0.05, 0) is 24.3 Å². The van der Waals surface area contributed by atoms with Crippen LogP contribution in [0.15, 0.2) is 42.1 Å². The molecule has 1 aromatic carbocycles. The Morgan fingerprint density at radius 3 is 2.66 bits per heavy atom. The fourth-order valence-electron chi connectivity index (χ4n) is 2.78. The molecule has 1 aromatic heterocycles. The van der Waals surface area contributed by atoms with E-state index < -0.39 is 0 Å². The summed E-state index contributed by atoms with van der Waals surface area (Å²) in [5.41, 5.74) is 0.497. The van der Waals surface area contributed by atoms with Gasteiger partial charge in [-0.25, -0.2) is 4.39 Å². The van der Waals surface area contributed by atoms with Gasteiger partial charge in [0, 0.05) is 25.3 Å². The van der Waals surface area contributed by atoms with Gasteiger partial charge in [-0.15, -0.1) is 16.8 Å². The minimum Gasteiger partial charge on any atom is -0.378 e. The van der Waals surface area contributed by atoms with Crippen molar-refractivity contribution < 1.29 is 18.7 Å². The minimum atomic E-state index is -0.373. The molecule has 1 aliphatic rings. The zero-order chi connectivity index (χ0) is 20.6. The van der Waals surface area contributed by atoms with Crippen LogP contribution >= 0.6 is 11.8 Å². The monoisotopic (exact) mass is 419 g/mol. The van der Waals surface area contributed by atoms with Crippen molar-refractivity contribution in [3.63, 3.8) is 0 Å². The highest BCUT2D eigenvalue weighted by Gasteiger charge is 2.20. The number of ether oxygens (including phenoxy) is 1. The molecule has 154 valence electrons. The van der Waals surface area contributed by atoms with Crippen LogP contribution in [0.2, 0.25) is 0 Å². The number of nitrogens with zero attached hydrogens (tertiary/aromatic N) is 4. The smallest absolute Gasteiger partial charge is 0.233 e. The number of carbonyl (C=O) groups excluding carboxylic acids is 2. The number of hydrogen-bond donors (Lipinski definition) is 1. The SMILES string of the molecule is C=CCn1c(CC(=O)Nc2ccc(F)cc2)nnc1SCC(=O)N1CCOCC1. The van der Waals surface area contributed by atoms with Gasteiger partial charge >= 0.3 is 0 Å². The zero-order valence-corrected chi connectivity index (χ0v) is 16.7. The Morgan fingerprint density at radius 2 is 1.97 bits per heavy atom. The van der Waals surface area contributed by atoms with E-state index in [1.807, 2.05) is 0 Å². The molecule has 1 saturated heterocycles. The van der Waals surface area contributed by atoms with Gasteiger partial charge < -0.3 is 19.5 Å². The number of morpholine rings is 1. The van der Waals surface area contributed by atoms with E-state index >= 15 is 0 Å². The van der Waals surface area contributed by atoms with Gasteiger partial charge in [0.25, 0.3) is 0 Å². The summed E-state index contributed by atoms with van der Waals surface area (Å²) in [5.74, 6) is 0.0435. The van der Waals surface area contributed by atoms with Crippen molar-refractivity contribution in [2.24, 2.45) is 0 Å². The van der Waals surface area contributed by atoms with Crippen LogP contribution in [0.1, 0.15) is 5.82 Å². The molecular formula is C19H22FN5O3S. The number of carbonyl (C=O) groups is 2. The summed E-state index contributed by atoms with van der Waals surface area (Å²) in [6, 6.07) is 5.52.